The number of rotatable bonds is 8. The van der Waals surface area contributed by atoms with Crippen molar-refractivity contribution in [2.45, 2.75) is 20.3 Å². The number of carbonyl (C=O) groups excluding carboxylic acids is 2. The lowest BCUT2D eigenvalue weighted by atomic mass is 9.96. The number of amides is 2. The summed E-state index contributed by atoms with van der Waals surface area (Å²) in [6.45, 7) is 5.17. The molecule has 0 aliphatic carbocycles. The number of fused-ring (bicyclic) bond motifs is 1. The zero-order valence-electron chi connectivity index (χ0n) is 20.0. The number of aromatic amines is 1. The molecule has 2 amide bonds. The van der Waals surface area contributed by atoms with Crippen molar-refractivity contribution >= 4 is 29.2 Å². The first-order valence-electron chi connectivity index (χ1n) is 11.4. The lowest BCUT2D eigenvalue weighted by Gasteiger charge is -2.10. The molecule has 0 radical (unpaired) electrons. The van der Waals surface area contributed by atoms with Crippen molar-refractivity contribution in [3.63, 3.8) is 0 Å². The Balaban J connectivity index is 1.86. The first-order chi connectivity index (χ1) is 16.5. The van der Waals surface area contributed by atoms with Gasteiger partial charge in [-0.05, 0) is 55.8 Å². The molecule has 34 heavy (non-hydrogen) atoms. The van der Waals surface area contributed by atoms with Gasteiger partial charge < -0.3 is 25.7 Å². The molecular weight excluding hydrogens is 428 g/mol. The number of hydrogen-bond acceptors (Lipinski definition) is 4. The van der Waals surface area contributed by atoms with Gasteiger partial charge in [0.2, 0.25) is 0 Å². The van der Waals surface area contributed by atoms with Crippen molar-refractivity contribution in [2.75, 3.05) is 32.6 Å². The van der Waals surface area contributed by atoms with Crippen molar-refractivity contribution in [3.05, 3.63) is 70.5 Å². The molecule has 7 heteroatoms. The molecule has 4 rings (SSSR count). The Kier molecular flexibility index (Phi) is 6.84. The van der Waals surface area contributed by atoms with Crippen LogP contribution in [0.15, 0.2) is 42.5 Å². The summed E-state index contributed by atoms with van der Waals surface area (Å²) in [5.41, 5.74) is 6.96. The Labute approximate surface area is 199 Å². The predicted molar refractivity (Wildman–Crippen MR) is 136 cm³/mol. The van der Waals surface area contributed by atoms with E-state index in [9.17, 15) is 9.59 Å². The van der Waals surface area contributed by atoms with Gasteiger partial charge in [0.15, 0.2) is 0 Å². The lowest BCUT2D eigenvalue weighted by Crippen LogP contribution is -2.30. The van der Waals surface area contributed by atoms with E-state index in [1.165, 1.54) is 5.56 Å². The van der Waals surface area contributed by atoms with Crippen LogP contribution in [-0.2, 0) is 11.2 Å². The summed E-state index contributed by atoms with van der Waals surface area (Å²) in [6, 6.07) is 13.7. The number of aryl methyl sites for hydroxylation is 2. The maximum absolute atomic E-state index is 13.2. The molecule has 0 saturated carbocycles. The first-order valence-corrected chi connectivity index (χ1v) is 11.4. The molecule has 1 aromatic heterocycles. The van der Waals surface area contributed by atoms with Gasteiger partial charge in [0.05, 0.1) is 18.2 Å². The predicted octanol–water partition coefficient (Wildman–Crippen LogP) is 4.00. The standard InChI is InChI=1S/C27H30N4O3/c1-5-17-6-8-18(9-7-17)25-23(30-16(2)24(25)27(33)29-13-12-28-3)15-21-20-14-19(34-4)10-11-22(20)31-26(21)32/h6-11,14-15,28,30H,5,12-13H2,1-4H3,(H,29,33)(H,31,32)/b21-15-. The third kappa shape index (κ3) is 4.47. The van der Waals surface area contributed by atoms with Crippen molar-refractivity contribution in [1.29, 1.82) is 0 Å². The van der Waals surface area contributed by atoms with E-state index in [-0.39, 0.29) is 11.8 Å². The third-order valence-electron chi connectivity index (χ3n) is 6.05. The first kappa shape index (κ1) is 23.3. The number of aromatic nitrogens is 1. The zero-order valence-corrected chi connectivity index (χ0v) is 20.0. The third-order valence-corrected chi connectivity index (χ3v) is 6.05. The summed E-state index contributed by atoms with van der Waals surface area (Å²) in [7, 11) is 3.44. The van der Waals surface area contributed by atoms with Gasteiger partial charge in [-0.2, -0.15) is 0 Å². The fourth-order valence-electron chi connectivity index (χ4n) is 4.22. The van der Waals surface area contributed by atoms with Crippen molar-refractivity contribution < 1.29 is 14.3 Å². The normalized spacial score (nSPS) is 13.6. The molecule has 7 nitrogen and oxygen atoms in total. The number of benzene rings is 2. The van der Waals surface area contributed by atoms with E-state index in [1.54, 1.807) is 7.11 Å². The molecule has 2 aromatic carbocycles. The quantitative estimate of drug-likeness (QED) is 0.303. The molecule has 0 unspecified atom stereocenters. The molecule has 2 heterocycles. The minimum atomic E-state index is -0.192. The van der Waals surface area contributed by atoms with Gasteiger partial charge in [-0.3, -0.25) is 9.59 Å². The Morgan fingerprint density at radius 3 is 2.56 bits per heavy atom. The summed E-state index contributed by atoms with van der Waals surface area (Å²) in [5.74, 6) is 0.327. The van der Waals surface area contributed by atoms with E-state index in [1.807, 2.05) is 50.4 Å². The zero-order chi connectivity index (χ0) is 24.2. The van der Waals surface area contributed by atoms with Crippen LogP contribution >= 0.6 is 0 Å². The molecular formula is C27H30N4O3. The fraction of sp³-hybridized carbons (Fsp3) is 0.259. The topological polar surface area (TPSA) is 95.2 Å². The van der Waals surface area contributed by atoms with Gasteiger partial charge >= 0.3 is 0 Å². The van der Waals surface area contributed by atoms with E-state index in [2.05, 4.69) is 40.0 Å². The van der Waals surface area contributed by atoms with Crippen molar-refractivity contribution in [2.24, 2.45) is 0 Å². The van der Waals surface area contributed by atoms with Gasteiger partial charge in [-0.25, -0.2) is 0 Å². The smallest absolute Gasteiger partial charge is 0.256 e. The largest absolute Gasteiger partial charge is 0.497 e. The van der Waals surface area contributed by atoms with Crippen molar-refractivity contribution in [3.8, 4) is 16.9 Å². The maximum atomic E-state index is 13.2. The van der Waals surface area contributed by atoms with Gasteiger partial charge in [0, 0.05) is 41.3 Å². The van der Waals surface area contributed by atoms with E-state index in [4.69, 9.17) is 4.74 Å². The van der Waals surface area contributed by atoms with Gasteiger partial charge in [0.1, 0.15) is 5.75 Å². The van der Waals surface area contributed by atoms with Gasteiger partial charge in [-0.15, -0.1) is 0 Å². The molecule has 1 aliphatic rings. The average Bonchev–Trinajstić information content (AvgIpc) is 3.34. The van der Waals surface area contributed by atoms with E-state index >= 15 is 0 Å². The highest BCUT2D eigenvalue weighted by Gasteiger charge is 2.27. The molecule has 0 fully saturated rings. The molecule has 3 aromatic rings. The van der Waals surface area contributed by atoms with Crippen molar-refractivity contribution in [1.82, 2.24) is 15.6 Å². The van der Waals surface area contributed by atoms with Crippen LogP contribution in [0.2, 0.25) is 0 Å². The van der Waals surface area contributed by atoms with Gasteiger partial charge in [0.25, 0.3) is 11.8 Å². The van der Waals surface area contributed by atoms with E-state index in [0.717, 1.165) is 34.5 Å². The van der Waals surface area contributed by atoms with Gasteiger partial charge in [-0.1, -0.05) is 31.2 Å². The molecule has 0 bridgehead atoms. The van der Waals surface area contributed by atoms with E-state index < -0.39 is 0 Å². The summed E-state index contributed by atoms with van der Waals surface area (Å²) in [6.07, 6.45) is 2.75. The fourth-order valence-corrected chi connectivity index (χ4v) is 4.22. The Bertz CT molecular complexity index is 1260. The number of hydrogen-bond donors (Lipinski definition) is 4. The van der Waals surface area contributed by atoms with Crippen LogP contribution in [0, 0.1) is 6.92 Å². The van der Waals surface area contributed by atoms with Crippen LogP contribution in [0.25, 0.3) is 22.8 Å². The minimum absolute atomic E-state index is 0.152. The number of nitrogens with one attached hydrogen (secondary N) is 4. The summed E-state index contributed by atoms with van der Waals surface area (Å²) < 4.78 is 5.36. The molecule has 4 N–H and O–H groups in total. The minimum Gasteiger partial charge on any atom is -0.497 e. The van der Waals surface area contributed by atoms with Crippen LogP contribution in [0.4, 0.5) is 5.69 Å². The van der Waals surface area contributed by atoms with Crippen LogP contribution < -0.4 is 20.7 Å². The molecule has 0 atom stereocenters. The average molecular weight is 459 g/mol. The number of methoxy groups -OCH3 is 1. The number of H-pyrrole nitrogens is 1. The molecule has 1 aliphatic heterocycles. The second kappa shape index (κ2) is 9.97. The van der Waals surface area contributed by atoms with Crippen LogP contribution in [0.5, 0.6) is 5.75 Å². The molecule has 0 saturated heterocycles. The second-order valence-corrected chi connectivity index (χ2v) is 8.25. The number of likely N-dealkylation sites (N-methyl/N-ethyl adjacent to an activating group) is 1. The number of ether oxygens (including phenoxy) is 1. The summed E-state index contributed by atoms with van der Waals surface area (Å²) >= 11 is 0. The Morgan fingerprint density at radius 2 is 1.88 bits per heavy atom. The Hall–Kier alpha value is -3.84. The highest BCUT2D eigenvalue weighted by Crippen LogP contribution is 2.38. The summed E-state index contributed by atoms with van der Waals surface area (Å²) in [5, 5.41) is 8.93. The highest BCUT2D eigenvalue weighted by molar-refractivity contribution is 6.35. The Morgan fingerprint density at radius 1 is 1.12 bits per heavy atom. The monoisotopic (exact) mass is 458 g/mol. The lowest BCUT2D eigenvalue weighted by molar-refractivity contribution is -0.110. The van der Waals surface area contributed by atoms with Crippen LogP contribution in [0.3, 0.4) is 0 Å². The number of carbonyl (C=O) groups is 2. The number of anilines is 1. The van der Waals surface area contributed by atoms with Crippen LogP contribution in [0.1, 0.15) is 39.8 Å². The summed E-state index contributed by atoms with van der Waals surface area (Å²) in [4.78, 5) is 29.4. The highest BCUT2D eigenvalue weighted by atomic mass is 16.5. The SMILES string of the molecule is CCc1ccc(-c2c(/C=C3\C(=O)Nc4ccc(OC)cc43)[nH]c(C)c2C(=O)NCCNC)cc1. The maximum Gasteiger partial charge on any atom is 0.256 e. The van der Waals surface area contributed by atoms with E-state index in [0.29, 0.717) is 35.7 Å². The molecule has 176 valence electrons. The molecule has 0 spiro atoms. The van der Waals surface area contributed by atoms with Crippen LogP contribution in [-0.4, -0.2) is 44.0 Å². The second-order valence-electron chi connectivity index (χ2n) is 8.25.